The topological polar surface area (TPSA) is 100 Å². The van der Waals surface area contributed by atoms with Crippen molar-refractivity contribution in [1.29, 1.82) is 0 Å². The van der Waals surface area contributed by atoms with Gasteiger partial charge in [0.2, 0.25) is 11.9 Å². The van der Waals surface area contributed by atoms with Gasteiger partial charge in [-0.1, -0.05) is 0 Å². The predicted molar refractivity (Wildman–Crippen MR) is 63.2 cm³/mol. The first kappa shape index (κ1) is 10.4. The third-order valence-corrected chi connectivity index (χ3v) is 2.29. The molecule has 3 aromatic rings. The van der Waals surface area contributed by atoms with Crippen molar-refractivity contribution in [2.45, 2.75) is 6.92 Å². The first-order chi connectivity index (χ1) is 8.72. The van der Waals surface area contributed by atoms with Gasteiger partial charge in [0, 0.05) is 18.6 Å². The number of nitrogen functional groups attached to an aromatic ring is 1. The van der Waals surface area contributed by atoms with Gasteiger partial charge in [-0.25, -0.2) is 9.67 Å². The summed E-state index contributed by atoms with van der Waals surface area (Å²) < 4.78 is 3.20. The summed E-state index contributed by atoms with van der Waals surface area (Å²) in [5, 5.41) is 4.23. The van der Waals surface area contributed by atoms with E-state index in [2.05, 4.69) is 25.0 Å². The molecule has 0 aliphatic carbocycles. The molecule has 2 N–H and O–H groups in total. The molecule has 0 atom stereocenters. The van der Waals surface area contributed by atoms with Crippen LogP contribution in [0, 0.1) is 6.92 Å². The van der Waals surface area contributed by atoms with E-state index in [1.54, 1.807) is 34.2 Å². The fraction of sp³-hybridized carbons (Fsp3) is 0.100. The van der Waals surface area contributed by atoms with Crippen molar-refractivity contribution >= 4 is 5.95 Å². The second-order valence-corrected chi connectivity index (χ2v) is 3.67. The Kier molecular flexibility index (Phi) is 2.26. The molecule has 0 unspecified atom stereocenters. The number of anilines is 1. The van der Waals surface area contributed by atoms with Crippen molar-refractivity contribution in [3.05, 3.63) is 36.7 Å². The van der Waals surface area contributed by atoms with E-state index in [1.165, 1.54) is 0 Å². The van der Waals surface area contributed by atoms with Gasteiger partial charge in [-0.15, -0.1) is 0 Å². The Hall–Kier alpha value is -2.77. The maximum atomic E-state index is 5.67. The van der Waals surface area contributed by atoms with Gasteiger partial charge in [-0.2, -0.15) is 20.1 Å². The van der Waals surface area contributed by atoms with Crippen LogP contribution in [0.25, 0.3) is 11.9 Å². The van der Waals surface area contributed by atoms with E-state index in [4.69, 9.17) is 5.73 Å². The molecule has 0 aliphatic rings. The van der Waals surface area contributed by atoms with E-state index in [1.807, 2.05) is 13.0 Å². The van der Waals surface area contributed by atoms with Crippen molar-refractivity contribution in [1.82, 2.24) is 34.3 Å². The van der Waals surface area contributed by atoms with E-state index in [-0.39, 0.29) is 5.95 Å². The molecular weight excluding hydrogens is 232 g/mol. The molecule has 0 spiro atoms. The first-order valence-corrected chi connectivity index (χ1v) is 5.25. The number of aryl methyl sites for hydroxylation is 1. The van der Waals surface area contributed by atoms with Gasteiger partial charge in [-0.05, 0) is 13.0 Å². The Morgan fingerprint density at radius 1 is 1.11 bits per heavy atom. The summed E-state index contributed by atoms with van der Waals surface area (Å²) >= 11 is 0. The Balaban J connectivity index is 2.11. The molecule has 0 amide bonds. The summed E-state index contributed by atoms with van der Waals surface area (Å²) in [6.45, 7) is 1.89. The van der Waals surface area contributed by atoms with Crippen molar-refractivity contribution in [2.24, 2.45) is 0 Å². The highest BCUT2D eigenvalue weighted by atomic mass is 15.4. The lowest BCUT2D eigenvalue weighted by molar-refractivity contribution is 0.770. The number of hydrogen-bond donors (Lipinski definition) is 1. The van der Waals surface area contributed by atoms with Gasteiger partial charge in [0.15, 0.2) is 0 Å². The van der Waals surface area contributed by atoms with Crippen molar-refractivity contribution < 1.29 is 0 Å². The minimum absolute atomic E-state index is 0.136. The van der Waals surface area contributed by atoms with Gasteiger partial charge >= 0.3 is 0 Å². The standard InChI is InChI=1S/C10H10N8/c1-7-2-4-18(16-7)10-14-8(11)13-9(15-10)17-5-3-12-6-17/h2-6H,1H3,(H2,11,13,14,15). The van der Waals surface area contributed by atoms with E-state index in [0.717, 1.165) is 5.69 Å². The van der Waals surface area contributed by atoms with Gasteiger partial charge in [0.1, 0.15) is 6.33 Å². The minimum Gasteiger partial charge on any atom is -0.368 e. The van der Waals surface area contributed by atoms with Crippen LogP contribution in [0.1, 0.15) is 5.69 Å². The van der Waals surface area contributed by atoms with Crippen LogP contribution in [0.5, 0.6) is 0 Å². The number of aromatic nitrogens is 7. The fourth-order valence-corrected chi connectivity index (χ4v) is 1.49. The molecule has 0 aliphatic heterocycles. The molecule has 0 saturated heterocycles. The zero-order valence-corrected chi connectivity index (χ0v) is 9.59. The Labute approximate surface area is 102 Å². The SMILES string of the molecule is Cc1ccn(-c2nc(N)nc(-n3ccnc3)n2)n1. The van der Waals surface area contributed by atoms with E-state index >= 15 is 0 Å². The molecule has 90 valence electrons. The quantitative estimate of drug-likeness (QED) is 0.685. The molecular formula is C10H10N8. The lowest BCUT2D eigenvalue weighted by Crippen LogP contribution is -2.10. The summed E-state index contributed by atoms with van der Waals surface area (Å²) in [5.41, 5.74) is 6.55. The summed E-state index contributed by atoms with van der Waals surface area (Å²) in [5.74, 6) is 0.916. The van der Waals surface area contributed by atoms with Crippen molar-refractivity contribution in [2.75, 3.05) is 5.73 Å². The number of rotatable bonds is 2. The van der Waals surface area contributed by atoms with Crippen LogP contribution in [0.15, 0.2) is 31.0 Å². The van der Waals surface area contributed by atoms with Gasteiger partial charge in [0.25, 0.3) is 5.95 Å². The predicted octanol–water partition coefficient (Wildman–Crippen LogP) is 0.134. The molecule has 0 bridgehead atoms. The van der Waals surface area contributed by atoms with E-state index in [0.29, 0.717) is 11.9 Å². The van der Waals surface area contributed by atoms with Gasteiger partial charge in [-0.3, -0.25) is 4.57 Å². The Bertz CT molecular complexity index is 669. The van der Waals surface area contributed by atoms with Crippen LogP contribution in [-0.2, 0) is 0 Å². The molecule has 3 aromatic heterocycles. The van der Waals surface area contributed by atoms with Crippen LogP contribution in [0.3, 0.4) is 0 Å². The van der Waals surface area contributed by atoms with Gasteiger partial charge < -0.3 is 5.73 Å². The summed E-state index contributed by atoms with van der Waals surface area (Å²) in [6.07, 6.45) is 6.72. The molecule has 0 radical (unpaired) electrons. The van der Waals surface area contributed by atoms with Crippen LogP contribution < -0.4 is 5.73 Å². The van der Waals surface area contributed by atoms with Crippen LogP contribution in [-0.4, -0.2) is 34.3 Å². The third-order valence-electron chi connectivity index (χ3n) is 2.29. The second kappa shape index (κ2) is 3.91. The molecule has 0 fully saturated rings. The largest absolute Gasteiger partial charge is 0.368 e. The number of nitrogens with two attached hydrogens (primary N) is 1. The molecule has 8 heteroatoms. The second-order valence-electron chi connectivity index (χ2n) is 3.67. The molecule has 18 heavy (non-hydrogen) atoms. The van der Waals surface area contributed by atoms with Crippen molar-refractivity contribution in [3.8, 4) is 11.9 Å². The molecule has 8 nitrogen and oxygen atoms in total. The molecule has 3 heterocycles. The average molecular weight is 242 g/mol. The maximum absolute atomic E-state index is 5.67. The fourth-order valence-electron chi connectivity index (χ4n) is 1.49. The Morgan fingerprint density at radius 2 is 1.94 bits per heavy atom. The normalized spacial score (nSPS) is 10.7. The first-order valence-electron chi connectivity index (χ1n) is 5.25. The zero-order valence-electron chi connectivity index (χ0n) is 9.59. The summed E-state index contributed by atoms with van der Waals surface area (Å²) in [4.78, 5) is 16.3. The van der Waals surface area contributed by atoms with Crippen LogP contribution in [0.4, 0.5) is 5.95 Å². The number of nitrogens with zero attached hydrogens (tertiary/aromatic N) is 7. The zero-order chi connectivity index (χ0) is 12.5. The van der Waals surface area contributed by atoms with E-state index in [9.17, 15) is 0 Å². The maximum Gasteiger partial charge on any atom is 0.257 e. The summed E-state index contributed by atoms with van der Waals surface area (Å²) in [7, 11) is 0. The summed E-state index contributed by atoms with van der Waals surface area (Å²) in [6, 6.07) is 1.86. The molecule has 0 saturated carbocycles. The highest BCUT2D eigenvalue weighted by molar-refractivity contribution is 5.28. The average Bonchev–Trinajstić information content (AvgIpc) is 2.98. The minimum atomic E-state index is 0.136. The molecule has 3 rings (SSSR count). The van der Waals surface area contributed by atoms with Crippen LogP contribution in [0.2, 0.25) is 0 Å². The highest BCUT2D eigenvalue weighted by Gasteiger charge is 2.08. The van der Waals surface area contributed by atoms with Crippen LogP contribution >= 0.6 is 0 Å². The monoisotopic (exact) mass is 242 g/mol. The highest BCUT2D eigenvalue weighted by Crippen LogP contribution is 2.07. The Morgan fingerprint density at radius 3 is 2.61 bits per heavy atom. The number of imidazole rings is 1. The van der Waals surface area contributed by atoms with Gasteiger partial charge in [0.05, 0.1) is 5.69 Å². The lowest BCUT2D eigenvalue weighted by Gasteiger charge is -2.04. The third kappa shape index (κ3) is 1.79. The van der Waals surface area contributed by atoms with E-state index < -0.39 is 0 Å². The lowest BCUT2D eigenvalue weighted by atomic mass is 10.5. The van der Waals surface area contributed by atoms with Crippen molar-refractivity contribution in [3.63, 3.8) is 0 Å². The number of hydrogen-bond acceptors (Lipinski definition) is 6. The smallest absolute Gasteiger partial charge is 0.257 e. The molecule has 0 aromatic carbocycles.